The molecule has 0 aliphatic heterocycles. The molecule has 32 aromatic rings. The van der Waals surface area contributed by atoms with E-state index in [9.17, 15) is 0 Å². The fourth-order valence-corrected chi connectivity index (χ4v) is 23.3. The topological polar surface area (TPSA) is 92.1 Å². The van der Waals surface area contributed by atoms with Gasteiger partial charge in [0.25, 0.3) is 0 Å². The standard InChI is InChI=1S/C121H63N3O6/c1-62-23-25-66(26-24-62)74-56-95-81-37-43-88-92-53-71(70-31-47-103-91(52-70)87-45-39-83-98-59-75(67-29-27-65(28-30-67)63-13-4-2-5-14-63)58-97-79-35-41-85-77-19-8-10-21-101(77)125-116(85)110(79)122(107(97)98)112(83)118(87)127-103)32-48-104(92)128-119(88)113(81)124-108(95)96(57-74)82-38-44-89-93-54-72(33-49-105(93)129-120(89)114(82)124)73-34-50-106-94(55-73)90-46-40-84-100-61-76(69-18-12-17-68(51-69)64-15-6-3-7-16-64)60-99-80-36-42-86-78-20-9-11-22-102(78)126-117(86)111(80)123(109(99)100)115(84)121(90)130-106/h2-61H,1H3. The molecule has 0 fully saturated rings. The van der Waals surface area contributed by atoms with Gasteiger partial charge < -0.3 is 39.7 Å². The van der Waals surface area contributed by atoms with Gasteiger partial charge in [0, 0.05) is 129 Å². The Balaban J connectivity index is 0.546. The molecule has 0 bridgehead atoms. The summed E-state index contributed by atoms with van der Waals surface area (Å²) in [6.45, 7) is 2.15. The Bertz CT molecular complexity index is 10600. The molecule has 0 saturated carbocycles. The van der Waals surface area contributed by atoms with Gasteiger partial charge in [0.15, 0.2) is 33.5 Å². The van der Waals surface area contributed by atoms with Gasteiger partial charge in [-0.25, -0.2) is 0 Å². The summed E-state index contributed by atoms with van der Waals surface area (Å²) in [6.07, 6.45) is 0. The average Bonchev–Trinajstić information content (AvgIpc) is 1.52. The molecule has 0 atom stereocenters. The lowest BCUT2D eigenvalue weighted by molar-refractivity contribution is 0.669. The van der Waals surface area contributed by atoms with Crippen LogP contribution in [0.15, 0.2) is 390 Å². The summed E-state index contributed by atoms with van der Waals surface area (Å²) in [6, 6.07) is 133. The fourth-order valence-electron chi connectivity index (χ4n) is 23.3. The molecule has 12 heterocycles. The van der Waals surface area contributed by atoms with Gasteiger partial charge in [-0.05, 0) is 224 Å². The first-order valence-electron chi connectivity index (χ1n) is 44.5. The highest BCUT2D eigenvalue weighted by Gasteiger charge is 2.32. The maximum atomic E-state index is 7.35. The first kappa shape index (κ1) is 68.0. The maximum absolute atomic E-state index is 7.35. The molecule has 0 radical (unpaired) electrons. The number of nitrogens with zero attached hydrogens (tertiary/aromatic N) is 3. The minimum Gasteiger partial charge on any atom is -0.454 e. The van der Waals surface area contributed by atoms with Crippen LogP contribution in [0.2, 0.25) is 0 Å². The second-order valence-corrected chi connectivity index (χ2v) is 36.0. The van der Waals surface area contributed by atoms with Crippen molar-refractivity contribution in [1.82, 2.24) is 13.2 Å². The lowest BCUT2D eigenvalue weighted by Crippen LogP contribution is -1.82. The van der Waals surface area contributed by atoms with Gasteiger partial charge in [-0.1, -0.05) is 230 Å². The summed E-state index contributed by atoms with van der Waals surface area (Å²) < 4.78 is 50.5. The monoisotopic (exact) mass is 1650 g/mol. The first-order chi connectivity index (χ1) is 64.3. The van der Waals surface area contributed by atoms with Crippen molar-refractivity contribution in [3.8, 4) is 77.9 Å². The van der Waals surface area contributed by atoms with Crippen LogP contribution >= 0.6 is 0 Å². The van der Waals surface area contributed by atoms with E-state index in [1.165, 1.54) is 44.0 Å². The van der Waals surface area contributed by atoms with Crippen LogP contribution in [0.25, 0.3) is 324 Å². The van der Waals surface area contributed by atoms with Gasteiger partial charge in [-0.2, -0.15) is 0 Å². The fraction of sp³-hybridized carbons (Fsp3) is 0.00826. The average molecular weight is 1650 g/mol. The zero-order valence-electron chi connectivity index (χ0n) is 69.4. The van der Waals surface area contributed by atoms with Gasteiger partial charge in [-0.15, -0.1) is 0 Å². The van der Waals surface area contributed by atoms with Crippen molar-refractivity contribution >= 4 is 246 Å². The molecule has 12 aromatic heterocycles. The third kappa shape index (κ3) is 8.80. The van der Waals surface area contributed by atoms with Crippen LogP contribution in [-0.4, -0.2) is 13.2 Å². The molecular formula is C121H63N3O6. The van der Waals surface area contributed by atoms with Crippen LogP contribution in [0.3, 0.4) is 0 Å². The van der Waals surface area contributed by atoms with E-state index in [4.69, 9.17) is 26.5 Å². The number of hydrogen-bond acceptors (Lipinski definition) is 6. The Labute approximate surface area is 735 Å². The van der Waals surface area contributed by atoms with E-state index in [-0.39, 0.29) is 0 Å². The van der Waals surface area contributed by atoms with E-state index < -0.39 is 0 Å². The molecule has 0 saturated heterocycles. The lowest BCUT2D eigenvalue weighted by atomic mass is 9.96. The van der Waals surface area contributed by atoms with Crippen molar-refractivity contribution < 1.29 is 26.5 Å². The summed E-state index contributed by atoms with van der Waals surface area (Å²) in [5, 5.41) is 26.4. The number of rotatable bonds is 7. The summed E-state index contributed by atoms with van der Waals surface area (Å²) in [5.74, 6) is 0. The molecule has 20 aromatic carbocycles. The molecule has 9 heteroatoms. The van der Waals surface area contributed by atoms with Crippen LogP contribution in [0.5, 0.6) is 0 Å². The number of fused-ring (bicyclic) bond motifs is 42. The lowest BCUT2D eigenvalue weighted by Gasteiger charge is -2.07. The van der Waals surface area contributed by atoms with Crippen LogP contribution in [0.4, 0.5) is 0 Å². The molecular weight excluding hydrogens is 1590 g/mol. The third-order valence-electron chi connectivity index (χ3n) is 29.3. The van der Waals surface area contributed by atoms with Crippen molar-refractivity contribution in [3.05, 3.63) is 370 Å². The highest BCUT2D eigenvalue weighted by Crippen LogP contribution is 2.55. The van der Waals surface area contributed by atoms with E-state index >= 15 is 0 Å². The molecule has 0 aliphatic rings. The van der Waals surface area contributed by atoms with Crippen molar-refractivity contribution in [2.75, 3.05) is 0 Å². The number of aromatic nitrogens is 3. The van der Waals surface area contributed by atoms with Crippen LogP contribution < -0.4 is 0 Å². The predicted molar refractivity (Wildman–Crippen MR) is 537 cm³/mol. The van der Waals surface area contributed by atoms with Gasteiger partial charge >= 0.3 is 0 Å². The Morgan fingerprint density at radius 3 is 0.662 bits per heavy atom. The van der Waals surface area contributed by atoms with Crippen molar-refractivity contribution in [2.45, 2.75) is 6.92 Å². The molecule has 0 aliphatic carbocycles. The van der Waals surface area contributed by atoms with Crippen LogP contribution in [0.1, 0.15) is 5.56 Å². The van der Waals surface area contributed by atoms with Gasteiger partial charge in [0.05, 0.1) is 49.7 Å². The normalized spacial score (nSPS) is 12.8. The maximum Gasteiger partial charge on any atom is 0.160 e. The molecule has 598 valence electrons. The summed E-state index contributed by atoms with van der Waals surface area (Å²) >= 11 is 0. The molecule has 0 unspecified atom stereocenters. The summed E-state index contributed by atoms with van der Waals surface area (Å²) in [5.41, 5.74) is 36.8. The third-order valence-corrected chi connectivity index (χ3v) is 29.3. The minimum absolute atomic E-state index is 0.811. The SMILES string of the molecule is Cc1ccc(-c2cc3c4ccc5c6cc(-c7ccc8oc9c(ccc%10c%11cc(-c%12ccc(-c%13ccccc%13)cc%12)cc%12c%13ccc%14c%15ccccc%15oc%14c%13n(c%12%11)c%109)c8c7)ccc6oc5c4n4c3c(c2)c2ccc3c5cc(-c6ccc7oc8c(ccc9c%10cc(-c%11cccc(-c%12ccccc%12)c%11)cc%11c%12ccc%13c%14ccccc%14oc%13c%12n(c%11%10)c98)c7c6)ccc5oc3c24)cc1. The van der Waals surface area contributed by atoms with Gasteiger partial charge in [-0.3, -0.25) is 0 Å². The van der Waals surface area contributed by atoms with Gasteiger partial charge in [0.1, 0.15) is 33.5 Å². The zero-order chi connectivity index (χ0) is 84.0. The molecule has 130 heavy (non-hydrogen) atoms. The number of benzene rings is 20. The van der Waals surface area contributed by atoms with Crippen molar-refractivity contribution in [1.29, 1.82) is 0 Å². The summed E-state index contributed by atoms with van der Waals surface area (Å²) in [4.78, 5) is 0. The smallest absolute Gasteiger partial charge is 0.160 e. The second kappa shape index (κ2) is 24.2. The van der Waals surface area contributed by atoms with E-state index in [1.54, 1.807) is 0 Å². The zero-order valence-corrected chi connectivity index (χ0v) is 69.4. The Morgan fingerprint density at radius 1 is 0.131 bits per heavy atom. The van der Waals surface area contributed by atoms with Crippen molar-refractivity contribution in [2.24, 2.45) is 0 Å². The number of furan rings is 6. The number of aryl methyl sites for hydroxylation is 1. The summed E-state index contributed by atoms with van der Waals surface area (Å²) in [7, 11) is 0. The molecule has 0 spiro atoms. The number of para-hydroxylation sites is 2. The highest BCUT2D eigenvalue weighted by atomic mass is 16.4. The number of hydrogen-bond donors (Lipinski definition) is 0. The van der Waals surface area contributed by atoms with Gasteiger partial charge in [0.2, 0.25) is 0 Å². The highest BCUT2D eigenvalue weighted by molar-refractivity contribution is 6.37. The largest absolute Gasteiger partial charge is 0.454 e. The predicted octanol–water partition coefficient (Wildman–Crippen LogP) is 34.5. The quantitative estimate of drug-likeness (QED) is 0.158. The van der Waals surface area contributed by atoms with E-state index in [2.05, 4.69) is 384 Å². The molecule has 32 rings (SSSR count). The van der Waals surface area contributed by atoms with E-state index in [1.807, 2.05) is 0 Å². The Kier molecular flexibility index (Phi) is 12.7. The Morgan fingerprint density at radius 2 is 0.338 bits per heavy atom. The minimum atomic E-state index is 0.811. The molecule has 9 nitrogen and oxygen atoms in total. The molecule has 0 amide bonds. The van der Waals surface area contributed by atoms with Crippen LogP contribution in [0, 0.1) is 6.92 Å². The van der Waals surface area contributed by atoms with Crippen LogP contribution in [-0.2, 0) is 0 Å². The van der Waals surface area contributed by atoms with Crippen molar-refractivity contribution in [3.63, 3.8) is 0 Å². The molecule has 0 N–H and O–H groups in total. The first-order valence-corrected chi connectivity index (χ1v) is 44.5. The van der Waals surface area contributed by atoms with E-state index in [0.29, 0.717) is 0 Å². The van der Waals surface area contributed by atoms with E-state index in [0.717, 1.165) is 285 Å². The second-order valence-electron chi connectivity index (χ2n) is 36.0. The Hall–Kier alpha value is -17.4.